The van der Waals surface area contributed by atoms with E-state index in [0.29, 0.717) is 11.1 Å². The molecule has 1 atom stereocenters. The van der Waals surface area contributed by atoms with Gasteiger partial charge in [-0.3, -0.25) is 4.79 Å². The Kier molecular flexibility index (Phi) is 7.89. The molecule has 0 heterocycles. The summed E-state index contributed by atoms with van der Waals surface area (Å²) >= 11 is 0. The summed E-state index contributed by atoms with van der Waals surface area (Å²) in [4.78, 5) is 13.2. The zero-order valence-electron chi connectivity index (χ0n) is 20.2. The minimum Gasteiger partial charge on any atom is -0.348 e. The molecule has 34 heavy (non-hydrogen) atoms. The van der Waals surface area contributed by atoms with Gasteiger partial charge in [0.15, 0.2) is 0 Å². The lowest BCUT2D eigenvalue weighted by atomic mass is 10.1. The van der Waals surface area contributed by atoms with Crippen molar-refractivity contribution in [1.82, 2.24) is 9.62 Å². The second kappa shape index (κ2) is 10.5. The fourth-order valence-electron chi connectivity index (χ4n) is 4.11. The van der Waals surface area contributed by atoms with E-state index in [1.807, 2.05) is 50.2 Å². The van der Waals surface area contributed by atoms with Crippen LogP contribution in [0.2, 0.25) is 0 Å². The number of hydrogen-bond donors (Lipinski definition) is 1. The van der Waals surface area contributed by atoms with Crippen molar-refractivity contribution in [1.29, 1.82) is 0 Å². The Bertz CT molecular complexity index is 1250. The summed E-state index contributed by atoms with van der Waals surface area (Å²) in [6.07, 6.45) is 0. The van der Waals surface area contributed by atoms with Crippen LogP contribution in [0, 0.1) is 33.5 Å². The lowest BCUT2D eigenvalue weighted by Gasteiger charge is -2.25. The maximum absolute atomic E-state index is 13.8. The maximum atomic E-state index is 13.8. The monoisotopic (exact) mass is 482 g/mol. The third-order valence-corrected chi connectivity index (χ3v) is 7.85. The number of carbonyl (C=O) groups is 1. The van der Waals surface area contributed by atoms with E-state index in [-0.39, 0.29) is 23.8 Å². The molecule has 0 aromatic heterocycles. The fourth-order valence-corrected chi connectivity index (χ4v) is 5.90. The summed E-state index contributed by atoms with van der Waals surface area (Å²) in [5, 5.41) is 2.84. The number of benzene rings is 3. The number of amides is 1. The van der Waals surface area contributed by atoms with Crippen LogP contribution in [0.15, 0.2) is 65.6 Å². The van der Waals surface area contributed by atoms with Gasteiger partial charge in [-0.1, -0.05) is 59.7 Å². The molecule has 1 amide bonds. The predicted octanol–water partition coefficient (Wildman–Crippen LogP) is 5.13. The Labute approximate surface area is 201 Å². The summed E-state index contributed by atoms with van der Waals surface area (Å²) in [5.41, 5.74) is 4.85. The molecule has 0 aliphatic rings. The molecule has 180 valence electrons. The minimum absolute atomic E-state index is 0.0632. The topological polar surface area (TPSA) is 66.5 Å². The molecule has 0 saturated carbocycles. The zero-order valence-corrected chi connectivity index (χ0v) is 21.0. The summed E-state index contributed by atoms with van der Waals surface area (Å²) in [7, 11) is -3.97. The lowest BCUT2D eigenvalue weighted by Crippen LogP contribution is -2.41. The molecule has 5 nitrogen and oxygen atoms in total. The second-order valence-electron chi connectivity index (χ2n) is 8.83. The molecule has 3 aromatic rings. The number of halogens is 1. The van der Waals surface area contributed by atoms with Gasteiger partial charge in [-0.2, -0.15) is 4.31 Å². The number of carbonyl (C=O) groups excluding carboxylic acids is 1. The molecular weight excluding hydrogens is 451 g/mol. The lowest BCUT2D eigenvalue weighted by molar-refractivity contribution is -0.122. The number of nitrogens with one attached hydrogen (secondary N) is 1. The first-order valence-electron chi connectivity index (χ1n) is 11.2. The first-order valence-corrected chi connectivity index (χ1v) is 12.6. The van der Waals surface area contributed by atoms with Gasteiger partial charge in [0.25, 0.3) is 0 Å². The van der Waals surface area contributed by atoms with Crippen LogP contribution in [-0.4, -0.2) is 25.2 Å². The highest BCUT2D eigenvalue weighted by Crippen LogP contribution is 2.26. The zero-order chi connectivity index (χ0) is 25.0. The third-order valence-electron chi connectivity index (χ3n) is 5.75. The van der Waals surface area contributed by atoms with Gasteiger partial charge in [0.05, 0.1) is 17.5 Å². The average Bonchev–Trinajstić information content (AvgIpc) is 2.74. The van der Waals surface area contributed by atoms with Crippen molar-refractivity contribution in [3.63, 3.8) is 0 Å². The van der Waals surface area contributed by atoms with Crippen LogP contribution in [0.3, 0.4) is 0 Å². The predicted molar refractivity (Wildman–Crippen MR) is 132 cm³/mol. The van der Waals surface area contributed by atoms with E-state index in [9.17, 15) is 17.6 Å². The third kappa shape index (κ3) is 6.10. The fraction of sp³-hybridized carbons (Fsp3) is 0.296. The molecule has 0 fully saturated rings. The van der Waals surface area contributed by atoms with Crippen LogP contribution in [0.25, 0.3) is 0 Å². The Morgan fingerprint density at radius 2 is 1.47 bits per heavy atom. The molecule has 0 spiro atoms. The van der Waals surface area contributed by atoms with Crippen molar-refractivity contribution in [3.05, 3.63) is 99.9 Å². The van der Waals surface area contributed by atoms with Gasteiger partial charge in [-0.05, 0) is 69.0 Å². The number of aryl methyl sites for hydroxylation is 4. The molecule has 0 saturated heterocycles. The molecular formula is C27H31FN2O3S. The van der Waals surface area contributed by atoms with Crippen LogP contribution in [0.5, 0.6) is 0 Å². The molecule has 1 N–H and O–H groups in total. The van der Waals surface area contributed by atoms with Crippen molar-refractivity contribution in [2.75, 3.05) is 6.54 Å². The molecule has 3 rings (SSSR count). The van der Waals surface area contributed by atoms with Crippen molar-refractivity contribution in [2.24, 2.45) is 0 Å². The average molecular weight is 483 g/mol. The van der Waals surface area contributed by atoms with E-state index < -0.39 is 22.0 Å². The molecule has 0 radical (unpaired) electrons. The Morgan fingerprint density at radius 3 is 2.03 bits per heavy atom. The van der Waals surface area contributed by atoms with Crippen molar-refractivity contribution < 1.29 is 17.6 Å². The molecule has 0 bridgehead atoms. The first kappa shape index (κ1) is 25.6. The highest BCUT2D eigenvalue weighted by molar-refractivity contribution is 7.89. The molecule has 0 aliphatic heterocycles. The van der Waals surface area contributed by atoms with Crippen molar-refractivity contribution >= 4 is 15.9 Å². The standard InChI is InChI=1S/C27H31FN2O3S/c1-18-6-8-23(9-7-18)16-30(34(32,33)27-20(3)14-19(2)15-21(27)4)17-26(31)29-22(5)24-10-12-25(28)13-11-24/h6-15,22H,16-17H2,1-5H3,(H,29,31)/t22-/m1/s1. The van der Waals surface area contributed by atoms with E-state index in [1.54, 1.807) is 32.9 Å². The smallest absolute Gasteiger partial charge is 0.244 e. The number of nitrogens with zero attached hydrogens (tertiary/aromatic N) is 1. The van der Waals surface area contributed by atoms with Gasteiger partial charge in [-0.25, -0.2) is 12.8 Å². The first-order chi connectivity index (χ1) is 16.0. The van der Waals surface area contributed by atoms with Gasteiger partial charge in [0.2, 0.25) is 15.9 Å². The van der Waals surface area contributed by atoms with Gasteiger partial charge < -0.3 is 5.32 Å². The summed E-state index contributed by atoms with van der Waals surface area (Å²) in [5.74, 6) is -0.795. The van der Waals surface area contributed by atoms with Crippen LogP contribution in [0.1, 0.15) is 46.3 Å². The molecule has 0 unspecified atom stereocenters. The van der Waals surface area contributed by atoms with Gasteiger partial charge >= 0.3 is 0 Å². The van der Waals surface area contributed by atoms with Crippen LogP contribution in [0.4, 0.5) is 4.39 Å². The van der Waals surface area contributed by atoms with Crippen LogP contribution >= 0.6 is 0 Å². The largest absolute Gasteiger partial charge is 0.348 e. The Morgan fingerprint density at radius 1 is 0.912 bits per heavy atom. The highest BCUT2D eigenvalue weighted by Gasteiger charge is 2.30. The second-order valence-corrected chi connectivity index (χ2v) is 10.7. The molecule has 7 heteroatoms. The maximum Gasteiger partial charge on any atom is 0.244 e. The van der Waals surface area contributed by atoms with E-state index in [2.05, 4.69) is 5.32 Å². The summed E-state index contributed by atoms with van der Waals surface area (Å²) in [6, 6.07) is 16.7. The number of hydrogen-bond acceptors (Lipinski definition) is 3. The molecule has 0 aliphatic carbocycles. The van der Waals surface area contributed by atoms with Crippen LogP contribution < -0.4 is 5.32 Å². The number of sulfonamides is 1. The van der Waals surface area contributed by atoms with Gasteiger partial charge in [0.1, 0.15) is 5.82 Å². The SMILES string of the molecule is Cc1ccc(CN(CC(=O)N[C@H](C)c2ccc(F)cc2)S(=O)(=O)c2c(C)cc(C)cc2C)cc1. The van der Waals surface area contributed by atoms with Crippen LogP contribution in [-0.2, 0) is 21.4 Å². The Balaban J connectivity index is 1.91. The van der Waals surface area contributed by atoms with Crippen molar-refractivity contribution in [3.8, 4) is 0 Å². The quantitative estimate of drug-likeness (QED) is 0.484. The minimum atomic E-state index is -3.97. The highest BCUT2D eigenvalue weighted by atomic mass is 32.2. The van der Waals surface area contributed by atoms with E-state index in [1.165, 1.54) is 16.4 Å². The van der Waals surface area contributed by atoms with E-state index in [4.69, 9.17) is 0 Å². The Hall–Kier alpha value is -3.03. The van der Waals surface area contributed by atoms with E-state index >= 15 is 0 Å². The van der Waals surface area contributed by atoms with Gasteiger partial charge in [0, 0.05) is 6.54 Å². The van der Waals surface area contributed by atoms with Crippen molar-refractivity contribution in [2.45, 2.75) is 52.1 Å². The summed E-state index contributed by atoms with van der Waals surface area (Å²) in [6.45, 7) is 8.92. The van der Waals surface area contributed by atoms with Gasteiger partial charge in [-0.15, -0.1) is 0 Å². The molecule has 3 aromatic carbocycles. The van der Waals surface area contributed by atoms with E-state index in [0.717, 1.165) is 22.3 Å². The summed E-state index contributed by atoms with van der Waals surface area (Å²) < 4.78 is 42.0. The normalized spacial score (nSPS) is 12.6. The number of rotatable bonds is 8.